The molecule has 0 saturated carbocycles. The van der Waals surface area contributed by atoms with Crippen LogP contribution in [-0.4, -0.2) is 58.4 Å². The van der Waals surface area contributed by atoms with Crippen molar-refractivity contribution in [3.05, 3.63) is 20.8 Å². The molecule has 0 aliphatic carbocycles. The molecule has 3 rings (SSSR count). The average molecular weight is 350 g/mol. The normalized spacial score (nSPS) is 14.1. The summed E-state index contributed by atoms with van der Waals surface area (Å²) in [5.74, 6) is 0.536. The van der Waals surface area contributed by atoms with Crippen LogP contribution in [0.5, 0.6) is 0 Å². The van der Waals surface area contributed by atoms with Gasteiger partial charge in [-0.25, -0.2) is 9.80 Å². The van der Waals surface area contributed by atoms with E-state index in [0.717, 1.165) is 5.71 Å². The fourth-order valence-electron chi connectivity index (χ4n) is 2.93. The molecule has 1 aliphatic heterocycles. The summed E-state index contributed by atoms with van der Waals surface area (Å²) in [4.78, 5) is 29.9. The van der Waals surface area contributed by atoms with Gasteiger partial charge in [0.1, 0.15) is 0 Å². The lowest BCUT2D eigenvalue weighted by Gasteiger charge is -2.24. The van der Waals surface area contributed by atoms with E-state index in [9.17, 15) is 9.59 Å². The minimum absolute atomic E-state index is 0.193. The van der Waals surface area contributed by atoms with Crippen LogP contribution in [0.15, 0.2) is 14.7 Å². The number of hydrogen-bond donors (Lipinski definition) is 0. The van der Waals surface area contributed by atoms with Crippen molar-refractivity contribution in [2.24, 2.45) is 12.1 Å². The fourth-order valence-corrected chi connectivity index (χ4v) is 2.93. The lowest BCUT2D eigenvalue weighted by atomic mass is 10.4. The number of imidazole rings is 1. The Morgan fingerprint density at radius 3 is 2.48 bits per heavy atom. The predicted molar refractivity (Wildman–Crippen MR) is 93.4 cm³/mol. The molecule has 3 heterocycles. The van der Waals surface area contributed by atoms with Crippen molar-refractivity contribution in [3.63, 3.8) is 0 Å². The number of aryl methyl sites for hydroxylation is 1. The molecule has 0 radical (unpaired) electrons. The van der Waals surface area contributed by atoms with Gasteiger partial charge in [0.2, 0.25) is 5.95 Å². The van der Waals surface area contributed by atoms with E-state index in [1.807, 2.05) is 6.92 Å². The van der Waals surface area contributed by atoms with E-state index in [-0.39, 0.29) is 18.7 Å². The van der Waals surface area contributed by atoms with Crippen LogP contribution in [0, 0.1) is 0 Å². The van der Waals surface area contributed by atoms with Crippen LogP contribution in [0.4, 0.5) is 5.95 Å². The van der Waals surface area contributed by atoms with Gasteiger partial charge in [-0.15, -0.1) is 0 Å². The molecule has 0 fully saturated rings. The zero-order valence-corrected chi connectivity index (χ0v) is 14.9. The second-order valence-electron chi connectivity index (χ2n) is 5.91. The summed E-state index contributed by atoms with van der Waals surface area (Å²) in [6.07, 6.45) is 0. The Morgan fingerprint density at radius 2 is 1.80 bits per heavy atom. The molecule has 0 N–H and O–H groups in total. The molecule has 10 nitrogen and oxygen atoms in total. The third-order valence-corrected chi connectivity index (χ3v) is 4.15. The van der Waals surface area contributed by atoms with E-state index in [1.54, 1.807) is 23.7 Å². The Balaban J connectivity index is 2.23. The summed E-state index contributed by atoms with van der Waals surface area (Å²) in [7, 11) is 4.75. The van der Waals surface area contributed by atoms with Crippen molar-refractivity contribution in [1.82, 2.24) is 18.7 Å². The molecule has 136 valence electrons. The number of fused-ring (bicyclic) bond motifs is 3. The number of hydrazone groups is 1. The molecule has 0 aromatic carbocycles. The molecule has 0 spiro atoms. The highest BCUT2D eigenvalue weighted by Crippen LogP contribution is 2.23. The molecular weight excluding hydrogens is 328 g/mol. The van der Waals surface area contributed by atoms with Crippen LogP contribution in [0.25, 0.3) is 11.2 Å². The van der Waals surface area contributed by atoms with Gasteiger partial charge in [0.25, 0.3) is 5.56 Å². The first-order valence-corrected chi connectivity index (χ1v) is 7.99. The van der Waals surface area contributed by atoms with Crippen LogP contribution in [0.3, 0.4) is 0 Å². The SMILES string of the molecule is COCCN1N=C(C)Cn2c1nc1c2c(=O)n(CCOC)c(=O)n1C. The van der Waals surface area contributed by atoms with Crippen LogP contribution in [0.2, 0.25) is 0 Å². The van der Waals surface area contributed by atoms with Gasteiger partial charge in [-0.3, -0.25) is 18.5 Å². The third kappa shape index (κ3) is 2.87. The van der Waals surface area contributed by atoms with E-state index in [0.29, 0.717) is 36.8 Å². The highest BCUT2D eigenvalue weighted by Gasteiger charge is 2.26. The van der Waals surface area contributed by atoms with Crippen LogP contribution in [-0.2, 0) is 29.6 Å². The van der Waals surface area contributed by atoms with Crippen molar-refractivity contribution >= 4 is 22.8 Å². The highest BCUT2D eigenvalue weighted by atomic mass is 16.5. The molecule has 0 atom stereocenters. The number of aromatic nitrogens is 4. The van der Waals surface area contributed by atoms with Crippen LogP contribution in [0.1, 0.15) is 6.92 Å². The summed E-state index contributed by atoms with van der Waals surface area (Å²) in [6, 6.07) is 0. The van der Waals surface area contributed by atoms with Gasteiger partial charge in [0.05, 0.1) is 38.6 Å². The molecule has 1 aliphatic rings. The van der Waals surface area contributed by atoms with Crippen molar-refractivity contribution in [1.29, 1.82) is 0 Å². The Hall–Kier alpha value is -2.46. The molecule has 2 aromatic rings. The van der Waals surface area contributed by atoms with Gasteiger partial charge >= 0.3 is 5.69 Å². The standard InChI is InChI=1S/C15H22N6O4/c1-10-9-20-11-12(16-14(20)21(17-10)6-8-25-4)18(2)15(23)19(13(11)22)5-7-24-3/h5-9H2,1-4H3. The van der Waals surface area contributed by atoms with Gasteiger partial charge in [-0.05, 0) is 6.92 Å². The quantitative estimate of drug-likeness (QED) is 0.689. The van der Waals surface area contributed by atoms with Crippen molar-refractivity contribution in [2.45, 2.75) is 20.0 Å². The summed E-state index contributed by atoms with van der Waals surface area (Å²) in [5.41, 5.74) is 0.817. The van der Waals surface area contributed by atoms with E-state index in [2.05, 4.69) is 10.1 Å². The summed E-state index contributed by atoms with van der Waals surface area (Å²) >= 11 is 0. The van der Waals surface area contributed by atoms with Gasteiger partial charge in [0, 0.05) is 21.3 Å². The third-order valence-electron chi connectivity index (χ3n) is 4.15. The number of nitrogens with zero attached hydrogens (tertiary/aromatic N) is 6. The number of anilines is 1. The maximum atomic E-state index is 12.9. The zero-order chi connectivity index (χ0) is 18.1. The Labute approximate surface area is 143 Å². The van der Waals surface area contributed by atoms with E-state index in [1.165, 1.54) is 16.2 Å². The molecule has 25 heavy (non-hydrogen) atoms. The lowest BCUT2D eigenvalue weighted by Crippen LogP contribution is -2.41. The average Bonchev–Trinajstić information content (AvgIpc) is 2.97. The van der Waals surface area contributed by atoms with Crippen molar-refractivity contribution in [2.75, 3.05) is 39.0 Å². The van der Waals surface area contributed by atoms with Gasteiger partial charge < -0.3 is 9.47 Å². The van der Waals surface area contributed by atoms with Crippen molar-refractivity contribution in [3.8, 4) is 0 Å². The van der Waals surface area contributed by atoms with Crippen molar-refractivity contribution < 1.29 is 9.47 Å². The molecule has 0 unspecified atom stereocenters. The first kappa shape index (κ1) is 17.4. The van der Waals surface area contributed by atoms with E-state index in [4.69, 9.17) is 9.47 Å². The van der Waals surface area contributed by atoms with E-state index >= 15 is 0 Å². The minimum atomic E-state index is -0.411. The zero-order valence-electron chi connectivity index (χ0n) is 14.9. The number of rotatable bonds is 6. The minimum Gasteiger partial charge on any atom is -0.383 e. The number of ether oxygens (including phenoxy) is 2. The largest absolute Gasteiger partial charge is 0.383 e. The Morgan fingerprint density at radius 1 is 1.12 bits per heavy atom. The Bertz CT molecular complexity index is 938. The predicted octanol–water partition coefficient (Wildman–Crippen LogP) is -0.615. The van der Waals surface area contributed by atoms with E-state index < -0.39 is 5.69 Å². The maximum absolute atomic E-state index is 12.9. The summed E-state index contributed by atoms with van der Waals surface area (Å²) < 4.78 is 14.5. The molecule has 0 saturated heterocycles. The molecule has 2 aromatic heterocycles. The number of methoxy groups -OCH3 is 2. The number of hydrogen-bond acceptors (Lipinski definition) is 7. The second kappa shape index (κ2) is 6.81. The van der Waals surface area contributed by atoms with Gasteiger partial charge in [-0.1, -0.05) is 0 Å². The monoisotopic (exact) mass is 350 g/mol. The topological polar surface area (TPSA) is 95.9 Å². The first-order valence-electron chi connectivity index (χ1n) is 7.99. The molecule has 10 heteroatoms. The second-order valence-corrected chi connectivity index (χ2v) is 5.91. The van der Waals surface area contributed by atoms with Crippen LogP contribution >= 0.6 is 0 Å². The Kier molecular flexibility index (Phi) is 4.73. The molecule has 0 bridgehead atoms. The van der Waals surface area contributed by atoms with Crippen LogP contribution < -0.4 is 16.3 Å². The maximum Gasteiger partial charge on any atom is 0.332 e. The first-order chi connectivity index (χ1) is 12.0. The smallest absolute Gasteiger partial charge is 0.332 e. The molecule has 0 amide bonds. The summed E-state index contributed by atoms with van der Waals surface area (Å²) in [5, 5.41) is 6.18. The highest BCUT2D eigenvalue weighted by molar-refractivity contribution is 5.87. The van der Waals surface area contributed by atoms with Gasteiger partial charge in [0.15, 0.2) is 11.2 Å². The fraction of sp³-hybridized carbons (Fsp3) is 0.600. The van der Waals surface area contributed by atoms with Gasteiger partial charge in [-0.2, -0.15) is 10.1 Å². The lowest BCUT2D eigenvalue weighted by molar-refractivity contribution is 0.184. The summed E-state index contributed by atoms with van der Waals surface area (Å²) in [6.45, 7) is 3.79. The molecular formula is C15H22N6O4.